The third-order valence-electron chi connectivity index (χ3n) is 2.41. The summed E-state index contributed by atoms with van der Waals surface area (Å²) in [6.45, 7) is 2.99. The van der Waals surface area contributed by atoms with E-state index in [4.69, 9.17) is 4.74 Å². The lowest BCUT2D eigenvalue weighted by molar-refractivity contribution is -0.132. The number of hydrogen-bond acceptors (Lipinski definition) is 4. The Bertz CT molecular complexity index is 446. The highest BCUT2D eigenvalue weighted by Gasteiger charge is 2.27. The number of carbonyl (C=O) groups excluding carboxylic acids is 1. The minimum atomic E-state index is -4.27. The molecule has 1 aromatic heterocycles. The van der Waals surface area contributed by atoms with E-state index in [-0.39, 0.29) is 6.10 Å². The summed E-state index contributed by atoms with van der Waals surface area (Å²) in [6.07, 6.45) is -5.57. The summed E-state index contributed by atoms with van der Waals surface area (Å²) in [4.78, 5) is 16.2. The molecule has 19 heavy (non-hydrogen) atoms. The number of ether oxygens (including phenoxy) is 1. The normalized spacial score (nSPS) is 13.4. The fourth-order valence-electron chi connectivity index (χ4n) is 1.30. The van der Waals surface area contributed by atoms with E-state index in [9.17, 15) is 18.0 Å². The molecule has 4 nitrogen and oxygen atoms in total. The first-order valence-corrected chi connectivity index (χ1v) is 6.41. The van der Waals surface area contributed by atoms with Crippen LogP contribution in [-0.4, -0.2) is 30.7 Å². The van der Waals surface area contributed by atoms with Crippen LogP contribution in [0.2, 0.25) is 0 Å². The number of amides is 1. The van der Waals surface area contributed by atoms with Crippen molar-refractivity contribution in [2.24, 2.45) is 0 Å². The van der Waals surface area contributed by atoms with Crippen LogP contribution < -0.4 is 5.32 Å². The van der Waals surface area contributed by atoms with E-state index in [0.29, 0.717) is 15.6 Å². The Morgan fingerprint density at radius 2 is 2.16 bits per heavy atom. The largest absolute Gasteiger partial charge is 0.390 e. The topological polar surface area (TPSA) is 51.2 Å². The smallest absolute Gasteiger partial charge is 0.375 e. The molecule has 0 aliphatic rings. The van der Waals surface area contributed by atoms with Crippen LogP contribution in [0, 0.1) is 6.92 Å². The molecule has 1 heterocycles. The number of rotatable bonds is 5. The van der Waals surface area contributed by atoms with Crippen LogP contribution in [0.15, 0.2) is 0 Å². The average Bonchev–Trinajstić information content (AvgIpc) is 2.68. The lowest BCUT2D eigenvalue weighted by atomic mass is 10.3. The summed E-state index contributed by atoms with van der Waals surface area (Å²) >= 11 is 1.13. The molecule has 1 N–H and O–H groups in total. The van der Waals surface area contributed by atoms with Crippen molar-refractivity contribution in [3.63, 3.8) is 0 Å². The Morgan fingerprint density at radius 3 is 2.68 bits per heavy atom. The summed E-state index contributed by atoms with van der Waals surface area (Å²) in [5.41, 5.74) is 0.494. The van der Waals surface area contributed by atoms with Gasteiger partial charge in [0.1, 0.15) is 16.0 Å². The number of nitrogens with one attached hydrogen (secondary N) is 1. The molecule has 1 unspecified atom stereocenters. The van der Waals surface area contributed by atoms with Crippen LogP contribution >= 0.6 is 11.3 Å². The number of hydrogen-bond donors (Lipinski definition) is 1. The van der Waals surface area contributed by atoms with Crippen LogP contribution in [0.25, 0.3) is 0 Å². The summed E-state index contributed by atoms with van der Waals surface area (Å²) in [5.74, 6) is -0.534. The molecule has 108 valence electrons. The molecule has 1 amide bonds. The van der Waals surface area contributed by atoms with Gasteiger partial charge < -0.3 is 10.1 Å². The van der Waals surface area contributed by atoms with E-state index in [1.54, 1.807) is 13.8 Å². The molecule has 1 aromatic rings. The van der Waals surface area contributed by atoms with Gasteiger partial charge in [0.05, 0.1) is 12.1 Å². The van der Waals surface area contributed by atoms with Crippen molar-refractivity contribution < 1.29 is 22.7 Å². The Labute approximate surface area is 113 Å². The molecule has 0 saturated carbocycles. The number of halogens is 3. The molecule has 0 fully saturated rings. The van der Waals surface area contributed by atoms with Crippen molar-refractivity contribution in [2.45, 2.75) is 32.5 Å². The highest BCUT2D eigenvalue weighted by molar-refractivity contribution is 7.13. The first-order chi connectivity index (χ1) is 8.74. The van der Waals surface area contributed by atoms with Crippen LogP contribution in [-0.2, 0) is 4.74 Å². The number of alkyl halides is 3. The Morgan fingerprint density at radius 1 is 1.53 bits per heavy atom. The summed E-state index contributed by atoms with van der Waals surface area (Å²) in [6, 6.07) is 0. The van der Waals surface area contributed by atoms with Crippen molar-refractivity contribution in [1.29, 1.82) is 0 Å². The van der Waals surface area contributed by atoms with Gasteiger partial charge in [-0.15, -0.1) is 11.3 Å². The van der Waals surface area contributed by atoms with E-state index in [2.05, 4.69) is 10.3 Å². The number of aryl methyl sites for hydroxylation is 1. The highest BCUT2D eigenvalue weighted by Crippen LogP contribution is 2.25. The quantitative estimate of drug-likeness (QED) is 0.909. The van der Waals surface area contributed by atoms with Crippen molar-refractivity contribution >= 4 is 17.2 Å². The van der Waals surface area contributed by atoms with Crippen molar-refractivity contribution in [2.75, 3.05) is 13.7 Å². The van der Waals surface area contributed by atoms with Crippen molar-refractivity contribution in [3.05, 3.63) is 15.6 Å². The Kier molecular flexibility index (Phi) is 5.30. The monoisotopic (exact) mass is 296 g/mol. The van der Waals surface area contributed by atoms with Gasteiger partial charge in [-0.3, -0.25) is 4.79 Å². The number of methoxy groups -OCH3 is 1. The molecule has 0 aliphatic heterocycles. The minimum absolute atomic E-state index is 0.250. The second-order valence-corrected chi connectivity index (χ2v) is 5.00. The third kappa shape index (κ3) is 4.79. The predicted molar refractivity (Wildman–Crippen MR) is 65.3 cm³/mol. The number of thiazole rings is 1. The maximum atomic E-state index is 12.0. The van der Waals surface area contributed by atoms with Crippen LogP contribution in [0.5, 0.6) is 0 Å². The van der Waals surface area contributed by atoms with Crippen LogP contribution in [0.3, 0.4) is 0 Å². The van der Waals surface area contributed by atoms with Crippen molar-refractivity contribution in [1.82, 2.24) is 10.3 Å². The molecular weight excluding hydrogens is 281 g/mol. The fraction of sp³-hybridized carbons (Fsp3) is 0.636. The van der Waals surface area contributed by atoms with E-state index in [1.165, 1.54) is 7.11 Å². The molecule has 0 saturated heterocycles. The third-order valence-corrected chi connectivity index (χ3v) is 3.73. The maximum absolute atomic E-state index is 12.0. The second-order valence-electron chi connectivity index (χ2n) is 3.97. The lowest BCUT2D eigenvalue weighted by Gasteiger charge is -2.07. The van der Waals surface area contributed by atoms with E-state index < -0.39 is 25.0 Å². The van der Waals surface area contributed by atoms with Gasteiger partial charge in [0, 0.05) is 13.7 Å². The van der Waals surface area contributed by atoms with Gasteiger partial charge in [0.25, 0.3) is 5.91 Å². The van der Waals surface area contributed by atoms with Crippen molar-refractivity contribution in [3.8, 4) is 0 Å². The van der Waals surface area contributed by atoms with Gasteiger partial charge >= 0.3 is 6.18 Å². The number of carbonyl (C=O) groups is 1. The van der Waals surface area contributed by atoms with Gasteiger partial charge in [0.2, 0.25) is 0 Å². The molecule has 0 aromatic carbocycles. The lowest BCUT2D eigenvalue weighted by Crippen LogP contribution is -2.27. The number of aromatic nitrogens is 1. The van der Waals surface area contributed by atoms with Crippen LogP contribution in [0.4, 0.5) is 13.2 Å². The van der Waals surface area contributed by atoms with Gasteiger partial charge in [-0.1, -0.05) is 0 Å². The number of nitrogens with zero attached hydrogens (tertiary/aromatic N) is 1. The zero-order valence-electron chi connectivity index (χ0n) is 10.8. The average molecular weight is 296 g/mol. The minimum Gasteiger partial charge on any atom is -0.375 e. The first kappa shape index (κ1) is 15.9. The van der Waals surface area contributed by atoms with Gasteiger partial charge in [-0.2, -0.15) is 13.2 Å². The standard InChI is InChI=1S/C11H15F3N2O2S/c1-6-8(19-10(16-6)7(2)18-3)9(17)15-5-4-11(12,13)14/h7H,4-5H2,1-3H3,(H,15,17). The predicted octanol–water partition coefficient (Wildman–Crippen LogP) is 2.84. The SMILES string of the molecule is COC(C)c1nc(C)c(C(=O)NCCC(F)(F)F)s1. The summed E-state index contributed by atoms with van der Waals surface area (Å²) in [7, 11) is 1.52. The molecule has 0 radical (unpaired) electrons. The fourth-order valence-corrected chi connectivity index (χ4v) is 2.31. The van der Waals surface area contributed by atoms with Crippen LogP contribution in [0.1, 0.15) is 39.8 Å². The zero-order valence-corrected chi connectivity index (χ0v) is 11.6. The molecular formula is C11H15F3N2O2S. The highest BCUT2D eigenvalue weighted by atomic mass is 32.1. The Balaban J connectivity index is 2.65. The molecule has 0 bridgehead atoms. The van der Waals surface area contributed by atoms with E-state index in [0.717, 1.165) is 11.3 Å². The summed E-state index contributed by atoms with van der Waals surface area (Å²) in [5, 5.41) is 2.86. The first-order valence-electron chi connectivity index (χ1n) is 5.59. The molecule has 1 rings (SSSR count). The van der Waals surface area contributed by atoms with E-state index in [1.807, 2.05) is 0 Å². The van der Waals surface area contributed by atoms with Gasteiger partial charge in [0.15, 0.2) is 0 Å². The molecule has 8 heteroatoms. The maximum Gasteiger partial charge on any atom is 0.390 e. The van der Waals surface area contributed by atoms with E-state index >= 15 is 0 Å². The molecule has 0 spiro atoms. The van der Waals surface area contributed by atoms with Gasteiger partial charge in [-0.25, -0.2) is 4.98 Å². The molecule has 1 atom stereocenters. The summed E-state index contributed by atoms with van der Waals surface area (Å²) < 4.78 is 41.0. The molecule has 0 aliphatic carbocycles. The zero-order chi connectivity index (χ0) is 14.6. The second kappa shape index (κ2) is 6.33. The Hall–Kier alpha value is -1.15. The van der Waals surface area contributed by atoms with Gasteiger partial charge in [-0.05, 0) is 13.8 Å².